The normalized spacial score (nSPS) is 14.4. The number of benzene rings is 2. The monoisotopic (exact) mass is 352 g/mol. The number of hydrogen-bond donors (Lipinski definition) is 2. The second-order valence-electron chi connectivity index (χ2n) is 5.85. The van der Waals surface area contributed by atoms with E-state index in [0.717, 1.165) is 21.3 Å². The average molecular weight is 352 g/mol. The number of carbonyl (C=O) groups excluding carboxylic acids is 2. The number of fused-ring (bicyclic) bond motifs is 3. The number of para-hydroxylation sites is 1. The number of aliphatic hydroxyl groups is 1. The van der Waals surface area contributed by atoms with Gasteiger partial charge in [0.1, 0.15) is 22.6 Å². The molecule has 0 fully saturated rings. The molecule has 0 bridgehead atoms. The number of carbonyl (C=O) groups is 2. The maximum atomic E-state index is 12.3. The first-order chi connectivity index (χ1) is 12.6. The van der Waals surface area contributed by atoms with Crippen molar-refractivity contribution in [3.05, 3.63) is 48.2 Å². The molecule has 1 aromatic heterocycles. The summed E-state index contributed by atoms with van der Waals surface area (Å²) in [4.78, 5) is 25.2. The van der Waals surface area contributed by atoms with Crippen molar-refractivity contribution >= 4 is 39.4 Å². The van der Waals surface area contributed by atoms with Gasteiger partial charge in [-0.2, -0.15) is 0 Å². The minimum atomic E-state index is -0.490. The lowest BCUT2D eigenvalue weighted by molar-refractivity contribution is -0.137. The van der Waals surface area contributed by atoms with Crippen LogP contribution in [0.2, 0.25) is 0 Å². The van der Waals surface area contributed by atoms with E-state index < -0.39 is 11.8 Å². The Balaban J connectivity index is 1.75. The van der Waals surface area contributed by atoms with Crippen LogP contribution < -0.4 is 10.1 Å². The van der Waals surface area contributed by atoms with E-state index in [2.05, 4.69) is 5.32 Å². The van der Waals surface area contributed by atoms with Gasteiger partial charge in [-0.05, 0) is 12.1 Å². The van der Waals surface area contributed by atoms with Crippen molar-refractivity contribution in [1.82, 2.24) is 4.90 Å². The number of nitrogens with zero attached hydrogens (tertiary/aromatic N) is 1. The lowest BCUT2D eigenvalue weighted by atomic mass is 10.1. The third kappa shape index (κ3) is 2.49. The Kier molecular flexibility index (Phi) is 3.85. The number of β-amino-alcohol motifs (C(OH)–C–C–N with tert-alkyl or cyclic N) is 1. The first-order valence-corrected chi connectivity index (χ1v) is 8.07. The zero-order valence-corrected chi connectivity index (χ0v) is 14.0. The molecule has 26 heavy (non-hydrogen) atoms. The molecule has 7 nitrogen and oxygen atoms in total. The van der Waals surface area contributed by atoms with Crippen molar-refractivity contribution in [2.45, 2.75) is 0 Å². The Morgan fingerprint density at radius 1 is 1.15 bits per heavy atom. The van der Waals surface area contributed by atoms with Gasteiger partial charge in [-0.15, -0.1) is 0 Å². The molecule has 2 heterocycles. The fourth-order valence-corrected chi connectivity index (χ4v) is 3.07. The highest BCUT2D eigenvalue weighted by Crippen LogP contribution is 2.37. The van der Waals surface area contributed by atoms with Crippen LogP contribution in [0.15, 0.2) is 52.6 Å². The van der Waals surface area contributed by atoms with Gasteiger partial charge in [-0.25, -0.2) is 0 Å². The maximum absolute atomic E-state index is 12.3. The third-order valence-electron chi connectivity index (χ3n) is 4.30. The number of hydrogen-bond acceptors (Lipinski definition) is 6. The van der Waals surface area contributed by atoms with Gasteiger partial charge in [-0.3, -0.25) is 14.5 Å². The second-order valence-corrected chi connectivity index (χ2v) is 5.85. The van der Waals surface area contributed by atoms with Crippen molar-refractivity contribution in [2.75, 3.05) is 25.6 Å². The van der Waals surface area contributed by atoms with Crippen molar-refractivity contribution in [3.63, 3.8) is 0 Å². The van der Waals surface area contributed by atoms with Crippen molar-refractivity contribution in [2.24, 2.45) is 0 Å². The van der Waals surface area contributed by atoms with Gasteiger partial charge in [0, 0.05) is 22.9 Å². The van der Waals surface area contributed by atoms with E-state index in [1.807, 2.05) is 30.3 Å². The van der Waals surface area contributed by atoms with E-state index in [1.165, 1.54) is 13.2 Å². The molecular weight excluding hydrogens is 336 g/mol. The SMILES string of the molecule is COc1cc2c(cc1NC1=CC(=O)N(CCO)C1=O)oc1ccccc12. The highest BCUT2D eigenvalue weighted by molar-refractivity contribution is 6.17. The van der Waals surface area contributed by atoms with Gasteiger partial charge in [-0.1, -0.05) is 18.2 Å². The van der Waals surface area contributed by atoms with Crippen LogP contribution in [0, 0.1) is 0 Å². The molecular formula is C19H16N2O5. The summed E-state index contributed by atoms with van der Waals surface area (Å²) in [6, 6.07) is 11.2. The standard InChI is InChI=1S/C19H16N2O5/c1-25-17-8-12-11-4-2-3-5-15(11)26-16(12)9-13(17)20-14-10-18(23)21(6-7-22)19(14)24/h2-5,8-10,20,22H,6-7H2,1H3. The molecule has 2 aromatic carbocycles. The van der Waals surface area contributed by atoms with Gasteiger partial charge in [0.2, 0.25) is 0 Å². The zero-order valence-electron chi connectivity index (χ0n) is 14.0. The van der Waals surface area contributed by atoms with Crippen molar-refractivity contribution < 1.29 is 23.8 Å². The van der Waals surface area contributed by atoms with Crippen molar-refractivity contribution in [1.29, 1.82) is 0 Å². The van der Waals surface area contributed by atoms with E-state index in [0.29, 0.717) is 17.0 Å². The van der Waals surface area contributed by atoms with Crippen LogP contribution in [0.3, 0.4) is 0 Å². The van der Waals surface area contributed by atoms with Crippen LogP contribution in [0.25, 0.3) is 21.9 Å². The summed E-state index contributed by atoms with van der Waals surface area (Å²) in [6.45, 7) is -0.327. The summed E-state index contributed by atoms with van der Waals surface area (Å²) in [5.41, 5.74) is 2.02. The van der Waals surface area contributed by atoms with E-state index in [-0.39, 0.29) is 18.8 Å². The summed E-state index contributed by atoms with van der Waals surface area (Å²) in [6.07, 6.45) is 1.21. The van der Waals surface area contributed by atoms with E-state index >= 15 is 0 Å². The number of methoxy groups -OCH3 is 1. The molecule has 2 amide bonds. The number of rotatable bonds is 5. The first kappa shape index (κ1) is 16.2. The van der Waals surface area contributed by atoms with Crippen LogP contribution in [0.1, 0.15) is 0 Å². The Labute approximate surface area is 148 Å². The molecule has 0 radical (unpaired) electrons. The topological polar surface area (TPSA) is 92.0 Å². The Hall–Kier alpha value is -3.32. The first-order valence-electron chi connectivity index (χ1n) is 8.07. The number of nitrogens with one attached hydrogen (secondary N) is 1. The van der Waals surface area contributed by atoms with Crippen LogP contribution in [-0.4, -0.2) is 42.1 Å². The quantitative estimate of drug-likeness (QED) is 0.684. The second kappa shape index (κ2) is 6.20. The number of furan rings is 1. The average Bonchev–Trinajstić information content (AvgIpc) is 3.13. The molecule has 1 aliphatic heterocycles. The molecule has 4 rings (SSSR count). The Morgan fingerprint density at radius 3 is 2.73 bits per heavy atom. The number of imide groups is 1. The maximum Gasteiger partial charge on any atom is 0.277 e. The number of amides is 2. The number of anilines is 1. The van der Waals surface area contributed by atoms with Gasteiger partial charge < -0.3 is 19.6 Å². The third-order valence-corrected chi connectivity index (χ3v) is 4.30. The molecule has 3 aromatic rings. The fraction of sp³-hybridized carbons (Fsp3) is 0.158. The number of ether oxygens (including phenoxy) is 1. The molecule has 2 N–H and O–H groups in total. The molecule has 0 aliphatic carbocycles. The van der Waals surface area contributed by atoms with E-state index in [1.54, 1.807) is 6.07 Å². The summed E-state index contributed by atoms with van der Waals surface area (Å²) >= 11 is 0. The zero-order chi connectivity index (χ0) is 18.3. The highest BCUT2D eigenvalue weighted by atomic mass is 16.5. The lowest BCUT2D eigenvalue weighted by Gasteiger charge is -2.14. The molecule has 0 saturated heterocycles. The molecule has 0 atom stereocenters. The highest BCUT2D eigenvalue weighted by Gasteiger charge is 2.31. The summed E-state index contributed by atoms with van der Waals surface area (Å²) in [7, 11) is 1.53. The molecule has 0 spiro atoms. The van der Waals surface area contributed by atoms with Crippen LogP contribution >= 0.6 is 0 Å². The summed E-state index contributed by atoms with van der Waals surface area (Å²) in [5, 5.41) is 13.8. The lowest BCUT2D eigenvalue weighted by Crippen LogP contribution is -2.34. The summed E-state index contributed by atoms with van der Waals surface area (Å²) in [5.74, 6) is -0.433. The Morgan fingerprint density at radius 2 is 1.96 bits per heavy atom. The van der Waals surface area contributed by atoms with Gasteiger partial charge in [0.05, 0.1) is 25.9 Å². The van der Waals surface area contributed by atoms with E-state index in [4.69, 9.17) is 14.3 Å². The van der Waals surface area contributed by atoms with Crippen LogP contribution in [0.5, 0.6) is 5.75 Å². The minimum Gasteiger partial charge on any atom is -0.495 e. The molecule has 132 valence electrons. The molecule has 1 aliphatic rings. The van der Waals surface area contributed by atoms with Crippen molar-refractivity contribution in [3.8, 4) is 5.75 Å². The smallest absolute Gasteiger partial charge is 0.277 e. The molecule has 0 unspecified atom stereocenters. The van der Waals surface area contributed by atoms with E-state index in [9.17, 15) is 9.59 Å². The fourth-order valence-electron chi connectivity index (χ4n) is 3.07. The van der Waals surface area contributed by atoms with Crippen LogP contribution in [-0.2, 0) is 9.59 Å². The van der Waals surface area contributed by atoms with Gasteiger partial charge >= 0.3 is 0 Å². The minimum absolute atomic E-state index is 0.0426. The molecule has 7 heteroatoms. The predicted molar refractivity (Wildman–Crippen MR) is 95.8 cm³/mol. The predicted octanol–water partition coefficient (Wildman–Crippen LogP) is 2.25. The van der Waals surface area contributed by atoms with Gasteiger partial charge in [0.15, 0.2) is 0 Å². The summed E-state index contributed by atoms with van der Waals surface area (Å²) < 4.78 is 11.3. The number of aliphatic hydroxyl groups excluding tert-OH is 1. The molecule has 0 saturated carbocycles. The van der Waals surface area contributed by atoms with Crippen LogP contribution in [0.4, 0.5) is 5.69 Å². The Bertz CT molecular complexity index is 1070. The largest absolute Gasteiger partial charge is 0.495 e. The van der Waals surface area contributed by atoms with Gasteiger partial charge in [0.25, 0.3) is 11.8 Å².